The van der Waals surface area contributed by atoms with E-state index in [1.807, 2.05) is 0 Å². The number of carboxylic acids is 1. The van der Waals surface area contributed by atoms with Crippen molar-refractivity contribution in [2.24, 2.45) is 0 Å². The summed E-state index contributed by atoms with van der Waals surface area (Å²) in [5.41, 5.74) is 0.565. The van der Waals surface area contributed by atoms with E-state index in [0.29, 0.717) is 22.3 Å². The van der Waals surface area contributed by atoms with Crippen molar-refractivity contribution in [2.75, 3.05) is 0 Å². The first-order valence-electron chi connectivity index (χ1n) is 7.15. The van der Waals surface area contributed by atoms with Crippen molar-refractivity contribution in [2.45, 2.75) is 6.18 Å². The van der Waals surface area contributed by atoms with Gasteiger partial charge in [0.25, 0.3) is 0 Å². The van der Waals surface area contributed by atoms with Crippen LogP contribution in [-0.4, -0.2) is 15.6 Å². The number of alkyl halides is 3. The summed E-state index contributed by atoms with van der Waals surface area (Å²) in [5.74, 6) is -1.64. The van der Waals surface area contributed by atoms with Crippen LogP contribution >= 0.6 is 0 Å². The van der Waals surface area contributed by atoms with Crippen LogP contribution in [0.25, 0.3) is 22.7 Å². The molecule has 1 N–H and O–H groups in total. The minimum Gasteiger partial charge on any atom is -0.478 e. The average Bonchev–Trinajstić information content (AvgIpc) is 2.89. The summed E-state index contributed by atoms with van der Waals surface area (Å²) in [6.07, 6.45) is -2.24. The Morgan fingerprint density at radius 1 is 1.04 bits per heavy atom. The molecule has 3 rings (SSSR count). The molecule has 0 fully saturated rings. The number of benzene rings is 2. The first-order chi connectivity index (χ1) is 11.8. The Bertz CT molecular complexity index is 969. The Labute approximate surface area is 139 Å². The molecule has 0 amide bonds. The van der Waals surface area contributed by atoms with E-state index in [0.717, 1.165) is 18.2 Å². The molecule has 1 aromatic heterocycles. The Kier molecular flexibility index (Phi) is 4.08. The summed E-state index contributed by atoms with van der Waals surface area (Å²) in [5, 5.41) is 9.30. The zero-order valence-corrected chi connectivity index (χ0v) is 12.6. The number of aromatic nitrogens is 1. The second-order valence-corrected chi connectivity index (χ2v) is 5.32. The Balaban J connectivity index is 2.19. The molecule has 3 aromatic rings. The number of aliphatic carboxylic acids is 1. The van der Waals surface area contributed by atoms with Crippen molar-refractivity contribution in [3.8, 4) is 5.69 Å². The standard InChI is InChI=1S/C18H11F4NO2/c19-13-3-7-16-11(9-13)10-15(6-8-17(24)25)23(16)14-4-1-12(2-5-14)18(20,21)22/h1-10H,(H,24,25)/b8-6+. The van der Waals surface area contributed by atoms with E-state index in [1.54, 1.807) is 10.6 Å². The number of nitrogens with zero attached hydrogens (tertiary/aromatic N) is 1. The van der Waals surface area contributed by atoms with Gasteiger partial charge in [-0.1, -0.05) is 0 Å². The lowest BCUT2D eigenvalue weighted by Gasteiger charge is -2.11. The molecule has 7 heteroatoms. The molecule has 0 unspecified atom stereocenters. The van der Waals surface area contributed by atoms with E-state index in [4.69, 9.17) is 5.11 Å². The first-order valence-corrected chi connectivity index (χ1v) is 7.15. The molecular weight excluding hydrogens is 338 g/mol. The number of hydrogen-bond donors (Lipinski definition) is 1. The molecule has 2 aromatic carbocycles. The molecule has 128 valence electrons. The Hall–Kier alpha value is -3.09. The van der Waals surface area contributed by atoms with Crippen molar-refractivity contribution in [1.82, 2.24) is 4.57 Å². The first kappa shape index (κ1) is 16.8. The fourth-order valence-electron chi connectivity index (χ4n) is 2.57. The molecule has 0 saturated carbocycles. The Morgan fingerprint density at radius 2 is 1.72 bits per heavy atom. The van der Waals surface area contributed by atoms with Crippen LogP contribution in [0.5, 0.6) is 0 Å². The predicted molar refractivity (Wildman–Crippen MR) is 84.9 cm³/mol. The van der Waals surface area contributed by atoms with Crippen LogP contribution in [0, 0.1) is 5.82 Å². The summed E-state index contributed by atoms with van der Waals surface area (Å²) >= 11 is 0. The smallest absolute Gasteiger partial charge is 0.416 e. The van der Waals surface area contributed by atoms with E-state index in [2.05, 4.69) is 0 Å². The van der Waals surface area contributed by atoms with Gasteiger partial charge in [-0.2, -0.15) is 13.2 Å². The molecular formula is C18H11F4NO2. The Morgan fingerprint density at radius 3 is 2.32 bits per heavy atom. The minimum absolute atomic E-state index is 0.402. The highest BCUT2D eigenvalue weighted by atomic mass is 19.4. The molecule has 3 nitrogen and oxygen atoms in total. The molecule has 0 radical (unpaired) electrons. The highest BCUT2D eigenvalue weighted by Gasteiger charge is 2.30. The maximum Gasteiger partial charge on any atom is 0.416 e. The van der Waals surface area contributed by atoms with Crippen LogP contribution in [0.2, 0.25) is 0 Å². The molecule has 0 bridgehead atoms. The van der Waals surface area contributed by atoms with Crippen molar-refractivity contribution >= 4 is 22.9 Å². The second kappa shape index (κ2) is 6.08. The summed E-state index contributed by atoms with van der Waals surface area (Å²) < 4.78 is 53.2. The second-order valence-electron chi connectivity index (χ2n) is 5.32. The maximum absolute atomic E-state index is 13.4. The summed E-state index contributed by atoms with van der Waals surface area (Å²) in [6, 6.07) is 10.00. The minimum atomic E-state index is -4.45. The normalized spacial score (nSPS) is 12.2. The number of carbonyl (C=O) groups is 1. The lowest BCUT2D eigenvalue weighted by molar-refractivity contribution is -0.137. The topological polar surface area (TPSA) is 42.2 Å². The molecule has 1 heterocycles. The van der Waals surface area contributed by atoms with Crippen LogP contribution in [0.1, 0.15) is 11.3 Å². The van der Waals surface area contributed by atoms with Crippen molar-refractivity contribution in [1.29, 1.82) is 0 Å². The van der Waals surface area contributed by atoms with Gasteiger partial charge in [-0.05, 0) is 54.6 Å². The number of carboxylic acid groups (broad SMARTS) is 1. The van der Waals surface area contributed by atoms with Gasteiger partial charge < -0.3 is 9.67 Å². The summed E-state index contributed by atoms with van der Waals surface area (Å²) in [7, 11) is 0. The number of halogens is 4. The van der Waals surface area contributed by atoms with Gasteiger partial charge in [-0.3, -0.25) is 0 Å². The SMILES string of the molecule is O=C(O)/C=C/c1cc2cc(F)ccc2n1-c1ccc(C(F)(F)F)cc1. The molecule has 0 saturated heterocycles. The van der Waals surface area contributed by atoms with Gasteiger partial charge >= 0.3 is 12.1 Å². The van der Waals surface area contributed by atoms with Gasteiger partial charge in [0.2, 0.25) is 0 Å². The van der Waals surface area contributed by atoms with E-state index < -0.39 is 23.5 Å². The monoisotopic (exact) mass is 349 g/mol. The van der Waals surface area contributed by atoms with Gasteiger partial charge in [-0.25, -0.2) is 9.18 Å². The molecule has 0 aliphatic heterocycles. The lowest BCUT2D eigenvalue weighted by Crippen LogP contribution is -2.05. The van der Waals surface area contributed by atoms with E-state index in [9.17, 15) is 22.4 Å². The molecule has 0 aliphatic rings. The summed E-state index contributed by atoms with van der Waals surface area (Å²) in [4.78, 5) is 10.8. The molecule has 0 spiro atoms. The third-order valence-electron chi connectivity index (χ3n) is 3.64. The number of rotatable bonds is 3. The zero-order valence-electron chi connectivity index (χ0n) is 12.6. The molecule has 25 heavy (non-hydrogen) atoms. The van der Waals surface area contributed by atoms with Gasteiger partial charge in [0.15, 0.2) is 0 Å². The fraction of sp³-hybridized carbons (Fsp3) is 0.0556. The van der Waals surface area contributed by atoms with Crippen LogP contribution in [-0.2, 0) is 11.0 Å². The molecule has 0 aliphatic carbocycles. The van der Waals surface area contributed by atoms with E-state index in [1.165, 1.54) is 36.4 Å². The average molecular weight is 349 g/mol. The van der Waals surface area contributed by atoms with Crippen molar-refractivity contribution in [3.05, 3.63) is 71.7 Å². The maximum atomic E-state index is 13.4. The number of fused-ring (bicyclic) bond motifs is 1. The van der Waals surface area contributed by atoms with E-state index in [-0.39, 0.29) is 0 Å². The lowest BCUT2D eigenvalue weighted by atomic mass is 10.2. The van der Waals surface area contributed by atoms with E-state index >= 15 is 0 Å². The highest BCUT2D eigenvalue weighted by molar-refractivity contribution is 5.89. The molecule has 0 atom stereocenters. The van der Waals surface area contributed by atoms with Crippen LogP contribution < -0.4 is 0 Å². The van der Waals surface area contributed by atoms with Crippen molar-refractivity contribution < 1.29 is 27.5 Å². The summed E-state index contributed by atoms with van der Waals surface area (Å²) in [6.45, 7) is 0. The van der Waals surface area contributed by atoms with Crippen LogP contribution in [0.4, 0.5) is 17.6 Å². The highest BCUT2D eigenvalue weighted by Crippen LogP contribution is 2.31. The van der Waals surface area contributed by atoms with Gasteiger partial charge in [0.05, 0.1) is 11.1 Å². The van der Waals surface area contributed by atoms with Gasteiger partial charge in [0.1, 0.15) is 5.82 Å². The van der Waals surface area contributed by atoms with Gasteiger partial charge in [0, 0.05) is 22.8 Å². The zero-order chi connectivity index (χ0) is 18.2. The largest absolute Gasteiger partial charge is 0.478 e. The van der Waals surface area contributed by atoms with Crippen LogP contribution in [0.3, 0.4) is 0 Å². The van der Waals surface area contributed by atoms with Crippen LogP contribution in [0.15, 0.2) is 54.6 Å². The van der Waals surface area contributed by atoms with Crippen molar-refractivity contribution in [3.63, 3.8) is 0 Å². The fourth-order valence-corrected chi connectivity index (χ4v) is 2.57. The third-order valence-corrected chi connectivity index (χ3v) is 3.64. The van der Waals surface area contributed by atoms with Gasteiger partial charge in [-0.15, -0.1) is 0 Å². The third kappa shape index (κ3) is 3.40. The quantitative estimate of drug-likeness (QED) is 0.541. The predicted octanol–water partition coefficient (Wildman–Crippen LogP) is 4.89. The number of hydrogen-bond acceptors (Lipinski definition) is 1.